The molecule has 0 saturated carbocycles. The van der Waals surface area contributed by atoms with Crippen LogP contribution in [0.2, 0.25) is 0 Å². The summed E-state index contributed by atoms with van der Waals surface area (Å²) in [5, 5.41) is 12.9. The Morgan fingerprint density at radius 1 is 1.06 bits per heavy atom. The fourth-order valence-corrected chi connectivity index (χ4v) is 3.94. The van der Waals surface area contributed by atoms with Crippen molar-refractivity contribution in [2.75, 3.05) is 6.54 Å². The van der Waals surface area contributed by atoms with Gasteiger partial charge in [-0.25, -0.2) is 4.79 Å². The van der Waals surface area contributed by atoms with Gasteiger partial charge in [-0.3, -0.25) is 4.79 Å². The van der Waals surface area contributed by atoms with Crippen molar-refractivity contribution in [3.63, 3.8) is 0 Å². The van der Waals surface area contributed by atoms with Gasteiger partial charge in [0.15, 0.2) is 0 Å². The number of phenols is 1. The van der Waals surface area contributed by atoms with Crippen molar-refractivity contribution in [3.8, 4) is 5.75 Å². The molecule has 1 aliphatic heterocycles. The lowest BCUT2D eigenvalue weighted by atomic mass is 9.94. The van der Waals surface area contributed by atoms with E-state index in [0.29, 0.717) is 6.54 Å². The number of aromatic hydroxyl groups is 1. The Hall–Kier alpha value is -3.02. The monoisotopic (exact) mass is 424 g/mol. The van der Waals surface area contributed by atoms with Gasteiger partial charge >= 0.3 is 6.09 Å². The van der Waals surface area contributed by atoms with Gasteiger partial charge in [0.2, 0.25) is 5.91 Å². The number of amides is 2. The highest BCUT2D eigenvalue weighted by molar-refractivity contribution is 5.83. The van der Waals surface area contributed by atoms with Gasteiger partial charge in [0.1, 0.15) is 11.4 Å². The Labute approximate surface area is 184 Å². The second-order valence-electron chi connectivity index (χ2n) is 9.09. The van der Waals surface area contributed by atoms with Crippen molar-refractivity contribution in [3.05, 3.63) is 65.7 Å². The van der Waals surface area contributed by atoms with E-state index in [-0.39, 0.29) is 29.7 Å². The van der Waals surface area contributed by atoms with Crippen LogP contribution in [0.5, 0.6) is 5.75 Å². The topological polar surface area (TPSA) is 78.9 Å². The molecule has 2 amide bonds. The third-order valence-electron chi connectivity index (χ3n) is 5.55. The van der Waals surface area contributed by atoms with Crippen LogP contribution in [0.15, 0.2) is 54.6 Å². The number of ether oxygens (including phenoxy) is 1. The Morgan fingerprint density at radius 3 is 2.32 bits per heavy atom. The molecule has 0 unspecified atom stereocenters. The molecule has 6 nitrogen and oxygen atoms in total. The van der Waals surface area contributed by atoms with Crippen molar-refractivity contribution < 1.29 is 19.4 Å². The van der Waals surface area contributed by atoms with E-state index in [4.69, 9.17) is 4.74 Å². The maximum absolute atomic E-state index is 13.2. The molecule has 1 heterocycles. The van der Waals surface area contributed by atoms with Crippen LogP contribution < -0.4 is 5.32 Å². The highest BCUT2D eigenvalue weighted by atomic mass is 16.6. The molecule has 31 heavy (non-hydrogen) atoms. The number of phenolic OH excluding ortho intramolecular Hbond substituents is 1. The number of hydrogen-bond donors (Lipinski definition) is 2. The maximum atomic E-state index is 13.2. The first-order valence-electron chi connectivity index (χ1n) is 10.8. The lowest BCUT2D eigenvalue weighted by Gasteiger charge is -2.34. The van der Waals surface area contributed by atoms with Crippen LogP contribution >= 0.6 is 0 Å². The quantitative estimate of drug-likeness (QED) is 0.726. The molecule has 3 atom stereocenters. The van der Waals surface area contributed by atoms with Crippen molar-refractivity contribution in [2.24, 2.45) is 0 Å². The van der Waals surface area contributed by atoms with Crippen LogP contribution in [0.1, 0.15) is 63.6 Å². The number of nitrogens with one attached hydrogen (secondary N) is 1. The summed E-state index contributed by atoms with van der Waals surface area (Å²) in [6, 6.07) is 15.8. The Balaban J connectivity index is 1.87. The standard InChI is InChI=1S/C25H32N2O4/c1-17(18-9-6-5-7-10-18)23(29)26-22(19-12-14-20(28)15-13-19)21-11-8-16-27(21)24(30)31-25(2,3)4/h5-7,9-10,12-15,17,21-22,28H,8,11,16H2,1-4H3,(H,26,29)/t17-,21+,22+/m0/s1. The van der Waals surface area contributed by atoms with Gasteiger partial charge in [-0.05, 0) is 63.8 Å². The first kappa shape index (κ1) is 22.7. The fourth-order valence-electron chi connectivity index (χ4n) is 3.94. The molecular weight excluding hydrogens is 392 g/mol. The second kappa shape index (κ2) is 9.41. The predicted octanol–water partition coefficient (Wildman–Crippen LogP) is 4.75. The highest BCUT2D eigenvalue weighted by Crippen LogP contribution is 2.32. The number of carbonyl (C=O) groups is 2. The lowest BCUT2D eigenvalue weighted by molar-refractivity contribution is -0.123. The predicted molar refractivity (Wildman–Crippen MR) is 120 cm³/mol. The summed E-state index contributed by atoms with van der Waals surface area (Å²) in [4.78, 5) is 27.7. The summed E-state index contributed by atoms with van der Waals surface area (Å²) < 4.78 is 5.61. The number of nitrogens with zero attached hydrogens (tertiary/aromatic N) is 1. The minimum Gasteiger partial charge on any atom is -0.508 e. The molecule has 0 bridgehead atoms. The van der Waals surface area contributed by atoms with Gasteiger partial charge in [0, 0.05) is 6.54 Å². The van der Waals surface area contributed by atoms with Crippen molar-refractivity contribution in [1.82, 2.24) is 10.2 Å². The fraction of sp³-hybridized carbons (Fsp3) is 0.440. The normalized spacial score (nSPS) is 18.3. The van der Waals surface area contributed by atoms with E-state index >= 15 is 0 Å². The van der Waals surface area contributed by atoms with Gasteiger partial charge in [-0.1, -0.05) is 42.5 Å². The SMILES string of the molecule is C[C@H](C(=O)N[C@H](c1ccc(O)cc1)[C@H]1CCCN1C(=O)OC(C)(C)C)c1ccccc1. The van der Waals surface area contributed by atoms with Crippen molar-refractivity contribution >= 4 is 12.0 Å². The lowest BCUT2D eigenvalue weighted by Crippen LogP contribution is -2.47. The summed E-state index contributed by atoms with van der Waals surface area (Å²) in [5.74, 6) is -0.292. The number of carbonyl (C=O) groups excluding carboxylic acids is 2. The average molecular weight is 425 g/mol. The largest absolute Gasteiger partial charge is 0.508 e. The van der Waals surface area contributed by atoms with Crippen molar-refractivity contribution in [1.29, 1.82) is 0 Å². The number of hydrogen-bond acceptors (Lipinski definition) is 4. The zero-order valence-corrected chi connectivity index (χ0v) is 18.7. The summed E-state index contributed by atoms with van der Waals surface area (Å²) in [7, 11) is 0. The van der Waals surface area contributed by atoms with E-state index in [1.165, 1.54) is 0 Å². The number of rotatable bonds is 5. The molecule has 0 radical (unpaired) electrons. The molecule has 2 N–H and O–H groups in total. The molecule has 1 saturated heterocycles. The van der Waals surface area contributed by atoms with E-state index in [2.05, 4.69) is 5.32 Å². The van der Waals surface area contributed by atoms with E-state index in [0.717, 1.165) is 24.0 Å². The van der Waals surface area contributed by atoms with Gasteiger partial charge < -0.3 is 20.1 Å². The van der Waals surface area contributed by atoms with E-state index in [1.807, 2.05) is 58.0 Å². The van der Waals surface area contributed by atoms with Gasteiger partial charge in [-0.15, -0.1) is 0 Å². The van der Waals surface area contributed by atoms with Crippen LogP contribution in [0.4, 0.5) is 4.79 Å². The molecule has 6 heteroatoms. The van der Waals surface area contributed by atoms with E-state index in [1.54, 1.807) is 29.2 Å². The van der Waals surface area contributed by atoms with Crippen LogP contribution in [-0.4, -0.2) is 40.2 Å². The molecule has 0 aromatic heterocycles. The van der Waals surface area contributed by atoms with Crippen LogP contribution in [0.3, 0.4) is 0 Å². The summed E-state index contributed by atoms with van der Waals surface area (Å²) in [6.45, 7) is 7.99. The third kappa shape index (κ3) is 5.78. The molecule has 1 fully saturated rings. The second-order valence-corrected chi connectivity index (χ2v) is 9.09. The summed E-state index contributed by atoms with van der Waals surface area (Å²) in [5.41, 5.74) is 1.18. The Morgan fingerprint density at radius 2 is 1.71 bits per heavy atom. The Kier molecular flexibility index (Phi) is 6.88. The van der Waals surface area contributed by atoms with E-state index in [9.17, 15) is 14.7 Å². The molecule has 0 spiro atoms. The Bertz CT molecular complexity index is 890. The van der Waals surface area contributed by atoms with Crippen LogP contribution in [-0.2, 0) is 9.53 Å². The smallest absolute Gasteiger partial charge is 0.410 e. The molecular formula is C25H32N2O4. The van der Waals surface area contributed by atoms with E-state index < -0.39 is 11.6 Å². The average Bonchev–Trinajstić information content (AvgIpc) is 3.21. The molecule has 0 aliphatic carbocycles. The molecule has 2 aromatic rings. The summed E-state index contributed by atoms with van der Waals surface area (Å²) >= 11 is 0. The molecule has 1 aliphatic rings. The van der Waals surface area contributed by atoms with Gasteiger partial charge in [0.05, 0.1) is 18.0 Å². The third-order valence-corrected chi connectivity index (χ3v) is 5.55. The van der Waals surface area contributed by atoms with Gasteiger partial charge in [-0.2, -0.15) is 0 Å². The first-order valence-corrected chi connectivity index (χ1v) is 10.8. The molecule has 2 aromatic carbocycles. The maximum Gasteiger partial charge on any atom is 0.410 e. The van der Waals surface area contributed by atoms with Crippen molar-refractivity contribution in [2.45, 2.75) is 64.1 Å². The minimum absolute atomic E-state index is 0.111. The first-order chi connectivity index (χ1) is 14.7. The zero-order chi connectivity index (χ0) is 22.6. The molecule has 166 valence electrons. The minimum atomic E-state index is -0.594. The van der Waals surface area contributed by atoms with Gasteiger partial charge in [0.25, 0.3) is 0 Å². The highest BCUT2D eigenvalue weighted by Gasteiger charge is 2.39. The zero-order valence-electron chi connectivity index (χ0n) is 18.7. The number of likely N-dealkylation sites (tertiary alicyclic amines) is 1. The number of benzene rings is 2. The summed E-state index contributed by atoms with van der Waals surface area (Å²) in [6.07, 6.45) is 1.22. The molecule has 3 rings (SSSR count). The van der Waals surface area contributed by atoms with Crippen LogP contribution in [0.25, 0.3) is 0 Å². The van der Waals surface area contributed by atoms with Crippen LogP contribution in [0, 0.1) is 0 Å².